The van der Waals surface area contributed by atoms with Crippen LogP contribution in [0.3, 0.4) is 0 Å². The van der Waals surface area contributed by atoms with Crippen LogP contribution in [0.1, 0.15) is 26.2 Å². The molecular weight excluding hydrogens is 235 g/mol. The van der Waals surface area contributed by atoms with E-state index in [1.54, 1.807) is 18.2 Å². The number of unbranched alkanes of at least 4 members (excludes halogenated alkanes) is 1. The highest BCUT2D eigenvalue weighted by atomic mass is 35.5. The van der Waals surface area contributed by atoms with Gasteiger partial charge in [0.2, 0.25) is 0 Å². The van der Waals surface area contributed by atoms with Crippen LogP contribution < -0.4 is 4.74 Å². The number of carbonyl (C=O) groups excluding carboxylic acids is 1. The molecule has 2 nitrogen and oxygen atoms in total. The van der Waals surface area contributed by atoms with Crippen molar-refractivity contribution in [3.05, 3.63) is 28.2 Å². The Morgan fingerprint density at radius 3 is 2.73 bits per heavy atom. The summed E-state index contributed by atoms with van der Waals surface area (Å²) >= 11 is 11.6. The largest absolute Gasteiger partial charge is 0.425 e. The van der Waals surface area contributed by atoms with Crippen molar-refractivity contribution in [1.82, 2.24) is 0 Å². The molecule has 0 N–H and O–H groups in total. The van der Waals surface area contributed by atoms with Crippen molar-refractivity contribution in [1.29, 1.82) is 0 Å². The van der Waals surface area contributed by atoms with Gasteiger partial charge in [-0.25, -0.2) is 0 Å². The number of benzene rings is 1. The molecule has 1 rings (SSSR count). The fourth-order valence-electron chi connectivity index (χ4n) is 1.05. The molecule has 0 atom stereocenters. The van der Waals surface area contributed by atoms with E-state index >= 15 is 0 Å². The summed E-state index contributed by atoms with van der Waals surface area (Å²) in [5, 5.41) is 0.876. The van der Waals surface area contributed by atoms with Gasteiger partial charge in [0.05, 0.1) is 5.02 Å². The number of ether oxygens (including phenoxy) is 1. The molecule has 0 bridgehead atoms. The van der Waals surface area contributed by atoms with Gasteiger partial charge < -0.3 is 4.74 Å². The molecule has 4 heteroatoms. The lowest BCUT2D eigenvalue weighted by Crippen LogP contribution is -2.07. The van der Waals surface area contributed by atoms with Crippen LogP contribution in [0.2, 0.25) is 10.0 Å². The molecule has 0 heterocycles. The molecule has 0 saturated heterocycles. The fourth-order valence-corrected chi connectivity index (χ4v) is 1.50. The Bertz CT molecular complexity index is 350. The highest BCUT2D eigenvalue weighted by Crippen LogP contribution is 2.27. The Morgan fingerprint density at radius 1 is 1.40 bits per heavy atom. The van der Waals surface area contributed by atoms with Crippen LogP contribution in [0, 0.1) is 0 Å². The molecule has 0 aliphatic rings. The number of hydrogen-bond donors (Lipinski definition) is 0. The zero-order chi connectivity index (χ0) is 11.3. The smallest absolute Gasteiger partial charge is 0.311 e. The molecule has 15 heavy (non-hydrogen) atoms. The van der Waals surface area contributed by atoms with Crippen LogP contribution in [0.15, 0.2) is 18.2 Å². The minimum atomic E-state index is -0.263. The van der Waals surface area contributed by atoms with E-state index in [1.165, 1.54) is 0 Å². The van der Waals surface area contributed by atoms with Crippen molar-refractivity contribution in [3.63, 3.8) is 0 Å². The van der Waals surface area contributed by atoms with Gasteiger partial charge >= 0.3 is 5.97 Å². The maximum Gasteiger partial charge on any atom is 0.311 e. The molecule has 0 aliphatic carbocycles. The van der Waals surface area contributed by atoms with Crippen LogP contribution in [0.5, 0.6) is 5.75 Å². The molecule has 0 fully saturated rings. The third-order valence-electron chi connectivity index (χ3n) is 1.85. The summed E-state index contributed by atoms with van der Waals surface area (Å²) in [6, 6.07) is 4.77. The number of esters is 1. The summed E-state index contributed by atoms with van der Waals surface area (Å²) in [6.45, 7) is 2.02. The second kappa shape index (κ2) is 5.99. The standard InChI is InChI=1S/C11H12Cl2O2/c1-2-3-4-11(14)15-10-6-5-8(12)7-9(10)13/h5-7H,2-4H2,1H3. The first-order chi connectivity index (χ1) is 7.13. The molecule has 0 spiro atoms. The molecule has 1 aromatic rings. The van der Waals surface area contributed by atoms with Crippen molar-refractivity contribution in [3.8, 4) is 5.75 Å². The van der Waals surface area contributed by atoms with Gasteiger partial charge in [0, 0.05) is 11.4 Å². The average Bonchev–Trinajstić information content (AvgIpc) is 2.19. The maximum atomic E-state index is 11.3. The van der Waals surface area contributed by atoms with Crippen LogP contribution in [-0.4, -0.2) is 5.97 Å². The van der Waals surface area contributed by atoms with Gasteiger partial charge in [-0.15, -0.1) is 0 Å². The third-order valence-corrected chi connectivity index (χ3v) is 2.38. The van der Waals surface area contributed by atoms with Crippen LogP contribution in [0.4, 0.5) is 0 Å². The fraction of sp³-hybridized carbons (Fsp3) is 0.364. The van der Waals surface area contributed by atoms with Gasteiger partial charge in [0.25, 0.3) is 0 Å². The van der Waals surface area contributed by atoms with Crippen molar-refractivity contribution in [2.45, 2.75) is 26.2 Å². The summed E-state index contributed by atoms with van der Waals surface area (Å²) in [6.07, 6.45) is 2.20. The molecule has 82 valence electrons. The Kier molecular flexibility index (Phi) is 4.92. The van der Waals surface area contributed by atoms with Gasteiger partial charge in [-0.2, -0.15) is 0 Å². The predicted octanol–water partition coefficient (Wildman–Crippen LogP) is 4.09. The summed E-state index contributed by atoms with van der Waals surface area (Å²) in [4.78, 5) is 11.3. The number of carbonyl (C=O) groups is 1. The topological polar surface area (TPSA) is 26.3 Å². The average molecular weight is 247 g/mol. The second-order valence-electron chi connectivity index (χ2n) is 3.15. The number of rotatable bonds is 4. The quantitative estimate of drug-likeness (QED) is 0.591. The first-order valence-electron chi connectivity index (χ1n) is 4.79. The van der Waals surface area contributed by atoms with E-state index in [2.05, 4.69) is 0 Å². The molecule has 0 radical (unpaired) electrons. The molecule has 1 aromatic carbocycles. The van der Waals surface area contributed by atoms with Crippen molar-refractivity contribution in [2.75, 3.05) is 0 Å². The first-order valence-corrected chi connectivity index (χ1v) is 5.54. The summed E-state index contributed by atoms with van der Waals surface area (Å²) in [7, 11) is 0. The van der Waals surface area contributed by atoms with Crippen LogP contribution >= 0.6 is 23.2 Å². The molecule has 0 amide bonds. The second-order valence-corrected chi connectivity index (χ2v) is 4.00. The lowest BCUT2D eigenvalue weighted by Gasteiger charge is -2.05. The summed E-state index contributed by atoms with van der Waals surface area (Å²) < 4.78 is 5.07. The highest BCUT2D eigenvalue weighted by molar-refractivity contribution is 6.35. The zero-order valence-corrected chi connectivity index (χ0v) is 9.94. The van der Waals surface area contributed by atoms with E-state index in [-0.39, 0.29) is 5.97 Å². The van der Waals surface area contributed by atoms with E-state index in [0.717, 1.165) is 12.8 Å². The lowest BCUT2D eigenvalue weighted by atomic mass is 10.2. The van der Waals surface area contributed by atoms with E-state index in [1.807, 2.05) is 6.92 Å². The molecule has 0 aliphatic heterocycles. The minimum absolute atomic E-state index is 0.263. The van der Waals surface area contributed by atoms with Gasteiger partial charge in [0.1, 0.15) is 5.75 Å². The minimum Gasteiger partial charge on any atom is -0.425 e. The highest BCUT2D eigenvalue weighted by Gasteiger charge is 2.07. The molecule has 0 aromatic heterocycles. The van der Waals surface area contributed by atoms with Gasteiger partial charge in [-0.1, -0.05) is 36.5 Å². The van der Waals surface area contributed by atoms with Crippen molar-refractivity contribution >= 4 is 29.2 Å². The summed E-state index contributed by atoms with van der Waals surface area (Å²) in [5.41, 5.74) is 0. The van der Waals surface area contributed by atoms with E-state index in [4.69, 9.17) is 27.9 Å². The molecule has 0 saturated carbocycles. The van der Waals surface area contributed by atoms with Gasteiger partial charge in [-0.3, -0.25) is 4.79 Å². The van der Waals surface area contributed by atoms with Crippen LogP contribution in [0.25, 0.3) is 0 Å². The molecular formula is C11H12Cl2O2. The predicted molar refractivity (Wildman–Crippen MR) is 61.6 cm³/mol. The Labute approximate surface area is 99.1 Å². The number of hydrogen-bond acceptors (Lipinski definition) is 2. The lowest BCUT2D eigenvalue weighted by molar-refractivity contribution is -0.134. The molecule has 0 unspecified atom stereocenters. The Balaban J connectivity index is 2.60. The summed E-state index contributed by atoms with van der Waals surface area (Å²) in [5.74, 6) is 0.100. The third kappa shape index (κ3) is 4.10. The van der Waals surface area contributed by atoms with Crippen molar-refractivity contribution < 1.29 is 9.53 Å². The first kappa shape index (κ1) is 12.3. The van der Waals surface area contributed by atoms with E-state index in [0.29, 0.717) is 22.2 Å². The number of halogens is 2. The van der Waals surface area contributed by atoms with Gasteiger partial charge in [-0.05, 0) is 24.6 Å². The Hall–Kier alpha value is -0.730. The van der Waals surface area contributed by atoms with E-state index < -0.39 is 0 Å². The SMILES string of the molecule is CCCCC(=O)Oc1ccc(Cl)cc1Cl. The van der Waals surface area contributed by atoms with Crippen LogP contribution in [-0.2, 0) is 4.79 Å². The Morgan fingerprint density at radius 2 is 2.13 bits per heavy atom. The maximum absolute atomic E-state index is 11.3. The van der Waals surface area contributed by atoms with Gasteiger partial charge in [0.15, 0.2) is 0 Å². The zero-order valence-electron chi connectivity index (χ0n) is 8.43. The van der Waals surface area contributed by atoms with E-state index in [9.17, 15) is 4.79 Å². The normalized spacial score (nSPS) is 10.1. The van der Waals surface area contributed by atoms with Crippen molar-refractivity contribution in [2.24, 2.45) is 0 Å². The monoisotopic (exact) mass is 246 g/mol.